The van der Waals surface area contributed by atoms with E-state index in [4.69, 9.17) is 5.73 Å². The van der Waals surface area contributed by atoms with Gasteiger partial charge in [0.05, 0.1) is 0 Å². The molecule has 1 aliphatic rings. The molecule has 0 aromatic heterocycles. The van der Waals surface area contributed by atoms with Gasteiger partial charge in [0.25, 0.3) is 0 Å². The van der Waals surface area contributed by atoms with Crippen molar-refractivity contribution in [3.8, 4) is 0 Å². The normalized spacial score (nSPS) is 17.2. The number of likely N-dealkylation sites (N-methyl/N-ethyl adjacent to an activating group) is 1. The largest absolute Gasteiger partial charge is 0.373 e. The van der Waals surface area contributed by atoms with E-state index in [2.05, 4.69) is 43.1 Å². The first-order valence-corrected chi connectivity index (χ1v) is 6.22. The van der Waals surface area contributed by atoms with E-state index in [9.17, 15) is 0 Å². The van der Waals surface area contributed by atoms with Crippen molar-refractivity contribution in [2.24, 2.45) is 5.73 Å². The zero-order chi connectivity index (χ0) is 11.6. The number of aryl methyl sites for hydroxylation is 1. The average Bonchev–Trinajstić information content (AvgIpc) is 2.97. The quantitative estimate of drug-likeness (QED) is 0.823. The molecule has 2 nitrogen and oxygen atoms in total. The van der Waals surface area contributed by atoms with Gasteiger partial charge in [-0.2, -0.15) is 0 Å². The number of hydrogen-bond acceptors (Lipinski definition) is 2. The van der Waals surface area contributed by atoms with Gasteiger partial charge in [0.1, 0.15) is 0 Å². The van der Waals surface area contributed by atoms with Crippen LogP contribution in [0.25, 0.3) is 0 Å². The Morgan fingerprint density at radius 2 is 1.88 bits per heavy atom. The standard InChI is InChI=1S/C14H22N2/c1-3-4-12-5-7-13(8-6-12)16(2)11-14(15)9-10-14/h5-8H,3-4,9-11,15H2,1-2H3. The lowest BCUT2D eigenvalue weighted by atomic mass is 10.1. The fraction of sp³-hybridized carbons (Fsp3) is 0.571. The first kappa shape index (κ1) is 11.5. The lowest BCUT2D eigenvalue weighted by molar-refractivity contribution is 0.660. The van der Waals surface area contributed by atoms with Gasteiger partial charge in [0.15, 0.2) is 0 Å². The summed E-state index contributed by atoms with van der Waals surface area (Å²) in [5, 5.41) is 0. The molecule has 1 aromatic carbocycles. The maximum atomic E-state index is 6.12. The summed E-state index contributed by atoms with van der Waals surface area (Å²) < 4.78 is 0. The van der Waals surface area contributed by atoms with E-state index in [0.29, 0.717) is 0 Å². The van der Waals surface area contributed by atoms with Crippen molar-refractivity contribution in [2.75, 3.05) is 18.5 Å². The number of hydrogen-bond donors (Lipinski definition) is 1. The molecule has 0 spiro atoms. The minimum absolute atomic E-state index is 0.0941. The molecule has 0 heterocycles. The summed E-state index contributed by atoms with van der Waals surface area (Å²) in [5.41, 5.74) is 8.91. The van der Waals surface area contributed by atoms with Gasteiger partial charge in [-0.25, -0.2) is 0 Å². The van der Waals surface area contributed by atoms with Crippen LogP contribution in [-0.4, -0.2) is 19.1 Å². The number of nitrogens with zero attached hydrogens (tertiary/aromatic N) is 1. The Morgan fingerprint density at radius 1 is 1.25 bits per heavy atom. The SMILES string of the molecule is CCCc1ccc(N(C)CC2(N)CC2)cc1. The van der Waals surface area contributed by atoms with Crippen LogP contribution >= 0.6 is 0 Å². The van der Waals surface area contributed by atoms with Crippen molar-refractivity contribution < 1.29 is 0 Å². The number of nitrogens with two attached hydrogens (primary N) is 1. The van der Waals surface area contributed by atoms with E-state index in [1.807, 2.05) is 0 Å². The van der Waals surface area contributed by atoms with Gasteiger partial charge in [0.2, 0.25) is 0 Å². The molecule has 0 radical (unpaired) electrons. The van der Waals surface area contributed by atoms with Crippen LogP contribution in [0.5, 0.6) is 0 Å². The fourth-order valence-electron chi connectivity index (χ4n) is 2.09. The second-order valence-electron chi connectivity index (χ2n) is 5.13. The molecule has 2 heteroatoms. The van der Waals surface area contributed by atoms with Crippen molar-refractivity contribution in [1.82, 2.24) is 0 Å². The summed E-state index contributed by atoms with van der Waals surface area (Å²) in [5.74, 6) is 0. The van der Waals surface area contributed by atoms with E-state index < -0.39 is 0 Å². The Labute approximate surface area is 98.4 Å². The van der Waals surface area contributed by atoms with E-state index in [1.54, 1.807) is 0 Å². The molecule has 16 heavy (non-hydrogen) atoms. The van der Waals surface area contributed by atoms with Gasteiger partial charge in [-0.15, -0.1) is 0 Å². The van der Waals surface area contributed by atoms with Crippen LogP contribution in [0.2, 0.25) is 0 Å². The lowest BCUT2D eigenvalue weighted by Gasteiger charge is -2.23. The molecule has 0 bridgehead atoms. The van der Waals surface area contributed by atoms with E-state index in [-0.39, 0.29) is 5.54 Å². The topological polar surface area (TPSA) is 29.3 Å². The molecule has 0 atom stereocenters. The van der Waals surface area contributed by atoms with Crippen LogP contribution < -0.4 is 10.6 Å². The maximum absolute atomic E-state index is 6.12. The van der Waals surface area contributed by atoms with E-state index >= 15 is 0 Å². The van der Waals surface area contributed by atoms with Crippen molar-refractivity contribution in [3.63, 3.8) is 0 Å². The summed E-state index contributed by atoms with van der Waals surface area (Å²) >= 11 is 0. The summed E-state index contributed by atoms with van der Waals surface area (Å²) in [7, 11) is 2.13. The van der Waals surface area contributed by atoms with Gasteiger partial charge in [-0.05, 0) is 37.0 Å². The van der Waals surface area contributed by atoms with Crippen LogP contribution in [0.3, 0.4) is 0 Å². The molecule has 0 unspecified atom stereocenters. The second-order valence-corrected chi connectivity index (χ2v) is 5.13. The van der Waals surface area contributed by atoms with Gasteiger partial charge in [0, 0.05) is 24.8 Å². The second kappa shape index (κ2) is 4.46. The van der Waals surface area contributed by atoms with Crippen LogP contribution in [0.4, 0.5) is 5.69 Å². The average molecular weight is 218 g/mol. The molecule has 1 fully saturated rings. The summed E-state index contributed by atoms with van der Waals surface area (Å²) in [6.07, 6.45) is 4.72. The van der Waals surface area contributed by atoms with Crippen LogP contribution in [0, 0.1) is 0 Å². The Kier molecular flexibility index (Phi) is 3.20. The third-order valence-corrected chi connectivity index (χ3v) is 3.36. The molecule has 1 saturated carbocycles. The third kappa shape index (κ3) is 2.76. The van der Waals surface area contributed by atoms with Gasteiger partial charge in [-0.1, -0.05) is 25.5 Å². The van der Waals surface area contributed by atoms with Crippen LogP contribution in [0.1, 0.15) is 31.7 Å². The molecular formula is C14H22N2. The zero-order valence-corrected chi connectivity index (χ0v) is 10.4. The van der Waals surface area contributed by atoms with E-state index in [1.165, 1.54) is 36.9 Å². The first-order chi connectivity index (χ1) is 7.63. The molecule has 1 aliphatic carbocycles. The molecule has 0 aliphatic heterocycles. The molecule has 0 amide bonds. The molecule has 2 rings (SSSR count). The minimum Gasteiger partial charge on any atom is -0.373 e. The van der Waals surface area contributed by atoms with E-state index in [0.717, 1.165) is 6.54 Å². The van der Waals surface area contributed by atoms with Crippen molar-refractivity contribution in [3.05, 3.63) is 29.8 Å². The van der Waals surface area contributed by atoms with Crippen molar-refractivity contribution in [2.45, 2.75) is 38.1 Å². The number of rotatable bonds is 5. The van der Waals surface area contributed by atoms with Gasteiger partial charge < -0.3 is 10.6 Å². The third-order valence-electron chi connectivity index (χ3n) is 3.36. The molecule has 88 valence electrons. The minimum atomic E-state index is 0.0941. The lowest BCUT2D eigenvalue weighted by Crippen LogP contribution is -2.37. The monoisotopic (exact) mass is 218 g/mol. The Morgan fingerprint density at radius 3 is 2.38 bits per heavy atom. The van der Waals surface area contributed by atoms with Crippen LogP contribution in [-0.2, 0) is 6.42 Å². The summed E-state index contributed by atoms with van der Waals surface area (Å²) in [4.78, 5) is 2.27. The molecule has 1 aromatic rings. The highest BCUT2D eigenvalue weighted by Crippen LogP contribution is 2.33. The van der Waals surface area contributed by atoms with Crippen molar-refractivity contribution >= 4 is 5.69 Å². The number of benzene rings is 1. The summed E-state index contributed by atoms with van der Waals surface area (Å²) in [6, 6.07) is 8.87. The first-order valence-electron chi connectivity index (χ1n) is 6.22. The number of anilines is 1. The highest BCUT2D eigenvalue weighted by atomic mass is 15.1. The molecule has 2 N–H and O–H groups in total. The predicted octanol–water partition coefficient (Wildman–Crippen LogP) is 2.57. The van der Waals surface area contributed by atoms with Crippen LogP contribution in [0.15, 0.2) is 24.3 Å². The fourth-order valence-corrected chi connectivity index (χ4v) is 2.09. The molecular weight excluding hydrogens is 196 g/mol. The summed E-state index contributed by atoms with van der Waals surface area (Å²) in [6.45, 7) is 3.19. The smallest absolute Gasteiger partial charge is 0.0364 e. The molecule has 0 saturated heterocycles. The Hall–Kier alpha value is -1.02. The van der Waals surface area contributed by atoms with Crippen molar-refractivity contribution in [1.29, 1.82) is 0 Å². The Balaban J connectivity index is 1.97. The predicted molar refractivity (Wildman–Crippen MR) is 69.9 cm³/mol. The maximum Gasteiger partial charge on any atom is 0.0364 e. The Bertz CT molecular complexity index is 338. The highest BCUT2D eigenvalue weighted by molar-refractivity contribution is 5.47. The highest BCUT2D eigenvalue weighted by Gasteiger charge is 2.39. The zero-order valence-electron chi connectivity index (χ0n) is 10.4. The van der Waals surface area contributed by atoms with Gasteiger partial charge >= 0.3 is 0 Å². The van der Waals surface area contributed by atoms with Gasteiger partial charge in [-0.3, -0.25) is 0 Å².